The van der Waals surface area contributed by atoms with Gasteiger partial charge < -0.3 is 19.7 Å². The summed E-state index contributed by atoms with van der Waals surface area (Å²) >= 11 is 0. The van der Waals surface area contributed by atoms with Crippen molar-refractivity contribution in [3.63, 3.8) is 0 Å². The molecule has 1 atom stereocenters. The predicted molar refractivity (Wildman–Crippen MR) is 116 cm³/mol. The third-order valence-corrected chi connectivity index (χ3v) is 5.19. The number of nitrogens with zero attached hydrogens (tertiary/aromatic N) is 1. The van der Waals surface area contributed by atoms with E-state index in [0.29, 0.717) is 39.1 Å². The van der Waals surface area contributed by atoms with Gasteiger partial charge in [-0.15, -0.1) is 0 Å². The largest absolute Gasteiger partial charge is 0.486 e. The van der Waals surface area contributed by atoms with E-state index in [9.17, 15) is 9.59 Å². The van der Waals surface area contributed by atoms with Gasteiger partial charge >= 0.3 is 0 Å². The summed E-state index contributed by atoms with van der Waals surface area (Å²) in [6, 6.07) is 13.3. The first-order valence-electron chi connectivity index (χ1n) is 10.5. The minimum absolute atomic E-state index is 0.0508. The molecule has 1 N–H and O–H groups in total. The summed E-state index contributed by atoms with van der Waals surface area (Å²) in [7, 11) is 0. The maximum absolute atomic E-state index is 13.1. The quantitative estimate of drug-likeness (QED) is 0.725. The van der Waals surface area contributed by atoms with Crippen LogP contribution in [0.25, 0.3) is 0 Å². The molecule has 3 rings (SSSR count). The van der Waals surface area contributed by atoms with Crippen LogP contribution in [-0.2, 0) is 22.6 Å². The molecule has 0 bridgehead atoms. The molecule has 0 aliphatic carbocycles. The second-order valence-corrected chi connectivity index (χ2v) is 7.56. The lowest BCUT2D eigenvalue weighted by molar-refractivity contribution is -0.140. The zero-order chi connectivity index (χ0) is 21.5. The highest BCUT2D eigenvalue weighted by Crippen LogP contribution is 2.31. The van der Waals surface area contributed by atoms with Gasteiger partial charge in [-0.05, 0) is 50.5 Å². The molecule has 2 aromatic carbocycles. The monoisotopic (exact) mass is 410 g/mol. The first-order valence-corrected chi connectivity index (χ1v) is 10.5. The molecule has 6 heteroatoms. The van der Waals surface area contributed by atoms with Gasteiger partial charge in [0.1, 0.15) is 19.3 Å². The molecule has 30 heavy (non-hydrogen) atoms. The summed E-state index contributed by atoms with van der Waals surface area (Å²) in [5, 5.41) is 2.82. The van der Waals surface area contributed by atoms with E-state index in [4.69, 9.17) is 9.47 Å². The van der Waals surface area contributed by atoms with Crippen molar-refractivity contribution in [3.05, 3.63) is 59.2 Å². The number of carbonyl (C=O) groups is 2. The number of carbonyl (C=O) groups excluding carboxylic acids is 2. The molecule has 0 aromatic heterocycles. The van der Waals surface area contributed by atoms with Crippen LogP contribution in [0.5, 0.6) is 11.5 Å². The lowest BCUT2D eigenvalue weighted by atomic mass is 10.1. The minimum Gasteiger partial charge on any atom is -0.486 e. The molecule has 0 saturated heterocycles. The molecule has 0 spiro atoms. The first kappa shape index (κ1) is 21.7. The summed E-state index contributed by atoms with van der Waals surface area (Å²) in [5.74, 6) is 1.27. The molecule has 0 fully saturated rings. The fraction of sp³-hybridized carbons (Fsp3) is 0.417. The predicted octanol–water partition coefficient (Wildman–Crippen LogP) is 3.25. The van der Waals surface area contributed by atoms with Crippen LogP contribution in [0.2, 0.25) is 0 Å². The number of amides is 2. The number of aryl methyl sites for hydroxylation is 2. The molecule has 2 amide bonds. The van der Waals surface area contributed by atoms with E-state index in [1.165, 1.54) is 0 Å². The molecule has 1 aliphatic heterocycles. The van der Waals surface area contributed by atoms with Crippen LogP contribution in [0.1, 0.15) is 37.0 Å². The number of hydrogen-bond donors (Lipinski definition) is 1. The highest BCUT2D eigenvalue weighted by Gasteiger charge is 2.25. The summed E-state index contributed by atoms with van der Waals surface area (Å²) in [5.41, 5.74) is 3.15. The Hall–Kier alpha value is -3.02. The fourth-order valence-corrected chi connectivity index (χ4v) is 3.55. The third kappa shape index (κ3) is 5.53. The van der Waals surface area contributed by atoms with E-state index in [0.717, 1.165) is 28.2 Å². The normalized spacial score (nSPS) is 13.4. The van der Waals surface area contributed by atoms with Crippen molar-refractivity contribution in [2.45, 2.75) is 46.2 Å². The van der Waals surface area contributed by atoms with E-state index in [1.54, 1.807) is 11.8 Å². The Labute approximate surface area is 178 Å². The number of hydrogen-bond acceptors (Lipinski definition) is 4. The van der Waals surface area contributed by atoms with E-state index in [1.807, 2.05) is 56.3 Å². The second kappa shape index (κ2) is 10.1. The average molecular weight is 411 g/mol. The Morgan fingerprint density at radius 2 is 1.83 bits per heavy atom. The van der Waals surface area contributed by atoms with Gasteiger partial charge in [0.15, 0.2) is 11.5 Å². The molecular weight excluding hydrogens is 380 g/mol. The summed E-state index contributed by atoms with van der Waals surface area (Å²) in [6.45, 7) is 7.69. The molecule has 2 aromatic rings. The molecule has 0 saturated carbocycles. The van der Waals surface area contributed by atoms with E-state index >= 15 is 0 Å². The standard InChI is InChI=1S/C24H30N2O4/c1-4-25-24(28)18(3)26(16-20-7-5-6-17(2)14-20)23(27)11-9-19-8-10-21-22(15-19)30-13-12-29-21/h5-8,10,14-15,18H,4,9,11-13,16H2,1-3H3,(H,25,28)/t18-/m1/s1. The lowest BCUT2D eigenvalue weighted by Crippen LogP contribution is -2.47. The molecule has 1 heterocycles. The van der Waals surface area contributed by atoms with Gasteiger partial charge in [-0.1, -0.05) is 35.9 Å². The number of fused-ring (bicyclic) bond motifs is 1. The van der Waals surface area contributed by atoms with Crippen LogP contribution in [0.15, 0.2) is 42.5 Å². The van der Waals surface area contributed by atoms with Gasteiger partial charge in [0, 0.05) is 19.5 Å². The number of nitrogens with one attached hydrogen (secondary N) is 1. The van der Waals surface area contributed by atoms with Gasteiger partial charge in [0.2, 0.25) is 11.8 Å². The zero-order valence-electron chi connectivity index (χ0n) is 17.9. The molecule has 0 unspecified atom stereocenters. The molecule has 160 valence electrons. The minimum atomic E-state index is -0.543. The number of ether oxygens (including phenoxy) is 2. The lowest BCUT2D eigenvalue weighted by Gasteiger charge is -2.29. The summed E-state index contributed by atoms with van der Waals surface area (Å²) in [6.07, 6.45) is 0.886. The van der Waals surface area contributed by atoms with Gasteiger partial charge in [-0.3, -0.25) is 9.59 Å². The average Bonchev–Trinajstić information content (AvgIpc) is 2.75. The molecular formula is C24H30N2O4. The third-order valence-electron chi connectivity index (χ3n) is 5.19. The van der Waals surface area contributed by atoms with E-state index in [2.05, 4.69) is 5.32 Å². The fourth-order valence-electron chi connectivity index (χ4n) is 3.55. The zero-order valence-corrected chi connectivity index (χ0v) is 17.9. The topological polar surface area (TPSA) is 67.9 Å². The Kier molecular flexibility index (Phi) is 7.33. The van der Waals surface area contributed by atoms with E-state index in [-0.39, 0.29) is 11.8 Å². The highest BCUT2D eigenvalue weighted by molar-refractivity contribution is 5.87. The Bertz CT molecular complexity index is 897. The maximum atomic E-state index is 13.1. The van der Waals surface area contributed by atoms with Crippen molar-refractivity contribution in [1.82, 2.24) is 10.2 Å². The highest BCUT2D eigenvalue weighted by atomic mass is 16.6. The van der Waals surface area contributed by atoms with Crippen molar-refractivity contribution in [3.8, 4) is 11.5 Å². The van der Waals surface area contributed by atoms with Crippen LogP contribution < -0.4 is 14.8 Å². The van der Waals surface area contributed by atoms with Crippen molar-refractivity contribution in [2.75, 3.05) is 19.8 Å². The Balaban J connectivity index is 1.71. The van der Waals surface area contributed by atoms with Crippen molar-refractivity contribution in [2.24, 2.45) is 0 Å². The van der Waals surface area contributed by atoms with Gasteiger partial charge in [-0.25, -0.2) is 0 Å². The first-order chi connectivity index (χ1) is 14.5. The molecule has 6 nitrogen and oxygen atoms in total. The van der Waals surface area contributed by atoms with Crippen molar-refractivity contribution in [1.29, 1.82) is 0 Å². The van der Waals surface area contributed by atoms with E-state index < -0.39 is 6.04 Å². The van der Waals surface area contributed by atoms with Gasteiger partial charge in [0.05, 0.1) is 0 Å². The maximum Gasteiger partial charge on any atom is 0.242 e. The second-order valence-electron chi connectivity index (χ2n) is 7.56. The number of benzene rings is 2. The van der Waals surface area contributed by atoms with Crippen LogP contribution in [0.4, 0.5) is 0 Å². The molecule has 1 aliphatic rings. The number of rotatable bonds is 8. The van der Waals surface area contributed by atoms with Crippen LogP contribution in [0.3, 0.4) is 0 Å². The van der Waals surface area contributed by atoms with Crippen molar-refractivity contribution < 1.29 is 19.1 Å². The molecule has 0 radical (unpaired) electrons. The summed E-state index contributed by atoms with van der Waals surface area (Å²) < 4.78 is 11.2. The number of likely N-dealkylation sites (N-methyl/N-ethyl adjacent to an activating group) is 1. The smallest absolute Gasteiger partial charge is 0.242 e. The van der Waals surface area contributed by atoms with Gasteiger partial charge in [0.25, 0.3) is 0 Å². The van der Waals surface area contributed by atoms with Crippen LogP contribution in [-0.4, -0.2) is 42.5 Å². The van der Waals surface area contributed by atoms with Crippen LogP contribution >= 0.6 is 0 Å². The van der Waals surface area contributed by atoms with Crippen molar-refractivity contribution >= 4 is 11.8 Å². The summed E-state index contributed by atoms with van der Waals surface area (Å²) in [4.78, 5) is 27.2. The Morgan fingerprint density at radius 3 is 2.57 bits per heavy atom. The van der Waals surface area contributed by atoms with Gasteiger partial charge in [-0.2, -0.15) is 0 Å². The van der Waals surface area contributed by atoms with Crippen LogP contribution in [0, 0.1) is 6.92 Å². The SMILES string of the molecule is CCNC(=O)[C@@H](C)N(Cc1cccc(C)c1)C(=O)CCc1ccc2c(c1)OCCO2. The Morgan fingerprint density at radius 1 is 1.07 bits per heavy atom.